The molecule has 3 heterocycles. The molecule has 0 radical (unpaired) electrons. The standard InChI is InChI=1S/C29H35F2N3O2/c1-20-3-2-4-25-28(20)29(19-32-25)9-13-33(14-10-29)18-26(35)22-7-11-34(12-8-22)27(36)6-5-21-15-23(30)17-24(31)16-21/h2-6,15-17,22,26,32,35H,7-14,18-19H2,1H3. The zero-order valence-electron chi connectivity index (χ0n) is 20.9. The van der Waals surface area contributed by atoms with Gasteiger partial charge in [-0.1, -0.05) is 12.1 Å². The molecule has 0 bridgehead atoms. The molecule has 1 unspecified atom stereocenters. The number of nitrogens with one attached hydrogen (secondary N) is 1. The Bertz CT molecular complexity index is 1120. The summed E-state index contributed by atoms with van der Waals surface area (Å²) in [6.07, 6.45) is 6.11. The van der Waals surface area contributed by atoms with Gasteiger partial charge in [0.05, 0.1) is 6.10 Å². The van der Waals surface area contributed by atoms with E-state index in [-0.39, 0.29) is 17.2 Å². The quantitative estimate of drug-likeness (QED) is 0.606. The molecule has 0 saturated carbocycles. The van der Waals surface area contributed by atoms with Crippen molar-refractivity contribution in [3.63, 3.8) is 0 Å². The molecule has 192 valence electrons. The minimum atomic E-state index is -0.666. The minimum Gasteiger partial charge on any atom is -0.392 e. The number of carbonyl (C=O) groups excluding carboxylic acids is 1. The molecule has 2 aromatic carbocycles. The average Bonchev–Trinajstić information content (AvgIpc) is 3.23. The van der Waals surface area contributed by atoms with Crippen molar-refractivity contribution in [2.75, 3.05) is 44.6 Å². The van der Waals surface area contributed by atoms with Gasteiger partial charge in [0.1, 0.15) is 11.6 Å². The number of anilines is 1. The Labute approximate surface area is 211 Å². The van der Waals surface area contributed by atoms with E-state index in [9.17, 15) is 18.7 Å². The predicted octanol–water partition coefficient (Wildman–Crippen LogP) is 4.35. The lowest BCUT2D eigenvalue weighted by Crippen LogP contribution is -2.48. The van der Waals surface area contributed by atoms with Crippen LogP contribution in [0.15, 0.2) is 42.5 Å². The first-order valence-corrected chi connectivity index (χ1v) is 13.0. The lowest BCUT2D eigenvalue weighted by molar-refractivity contribution is -0.128. The molecule has 3 aliphatic heterocycles. The van der Waals surface area contributed by atoms with Gasteiger partial charge in [-0.2, -0.15) is 0 Å². The maximum atomic E-state index is 13.3. The predicted molar refractivity (Wildman–Crippen MR) is 138 cm³/mol. The monoisotopic (exact) mass is 495 g/mol. The van der Waals surface area contributed by atoms with E-state index in [1.165, 1.54) is 41.1 Å². The second kappa shape index (κ2) is 10.3. The number of aryl methyl sites for hydroxylation is 1. The number of amides is 1. The van der Waals surface area contributed by atoms with Crippen molar-refractivity contribution in [2.24, 2.45) is 5.92 Å². The molecule has 5 nitrogen and oxygen atoms in total. The number of hydrogen-bond acceptors (Lipinski definition) is 4. The van der Waals surface area contributed by atoms with Crippen molar-refractivity contribution in [1.82, 2.24) is 9.80 Å². The molecule has 1 spiro atoms. The molecule has 5 rings (SSSR count). The Morgan fingerprint density at radius 3 is 2.53 bits per heavy atom. The number of fused-ring (bicyclic) bond motifs is 2. The van der Waals surface area contributed by atoms with Gasteiger partial charge >= 0.3 is 0 Å². The number of rotatable bonds is 5. The minimum absolute atomic E-state index is 0.169. The molecule has 1 atom stereocenters. The highest BCUT2D eigenvalue weighted by molar-refractivity contribution is 5.91. The number of benzene rings is 2. The van der Waals surface area contributed by atoms with Gasteiger partial charge in [-0.05, 0) is 92.6 Å². The van der Waals surface area contributed by atoms with Crippen LogP contribution in [-0.2, 0) is 10.2 Å². The van der Waals surface area contributed by atoms with Crippen molar-refractivity contribution in [2.45, 2.75) is 44.1 Å². The highest BCUT2D eigenvalue weighted by atomic mass is 19.1. The average molecular weight is 496 g/mol. The molecule has 1 amide bonds. The first-order chi connectivity index (χ1) is 17.3. The fourth-order valence-electron chi connectivity index (χ4n) is 6.32. The van der Waals surface area contributed by atoms with Crippen LogP contribution in [-0.4, -0.2) is 66.2 Å². The van der Waals surface area contributed by atoms with Crippen LogP contribution in [0.3, 0.4) is 0 Å². The summed E-state index contributed by atoms with van der Waals surface area (Å²) >= 11 is 0. The van der Waals surface area contributed by atoms with Crippen molar-refractivity contribution in [3.05, 3.63) is 70.8 Å². The van der Waals surface area contributed by atoms with E-state index in [1.807, 2.05) is 0 Å². The van der Waals surface area contributed by atoms with E-state index >= 15 is 0 Å². The molecule has 3 aliphatic rings. The fraction of sp³-hybridized carbons (Fsp3) is 0.483. The molecule has 0 aliphatic carbocycles. The summed E-state index contributed by atoms with van der Waals surface area (Å²) < 4.78 is 26.7. The van der Waals surface area contributed by atoms with Gasteiger partial charge in [-0.15, -0.1) is 0 Å². The third-order valence-corrected chi connectivity index (χ3v) is 8.38. The van der Waals surface area contributed by atoms with Gasteiger partial charge in [-0.3, -0.25) is 4.79 Å². The Morgan fingerprint density at radius 2 is 1.83 bits per heavy atom. The SMILES string of the molecule is Cc1cccc2c1C1(CCN(CC(O)C3CCN(C(=O)C=Cc4cc(F)cc(F)c4)CC3)CC1)CN2. The zero-order chi connectivity index (χ0) is 25.3. The van der Waals surface area contributed by atoms with Crippen molar-refractivity contribution >= 4 is 17.7 Å². The van der Waals surface area contributed by atoms with Crippen LogP contribution in [0.2, 0.25) is 0 Å². The summed E-state index contributed by atoms with van der Waals surface area (Å²) in [4.78, 5) is 16.7. The van der Waals surface area contributed by atoms with Crippen LogP contribution in [0.4, 0.5) is 14.5 Å². The summed E-state index contributed by atoms with van der Waals surface area (Å²) in [6.45, 7) is 7.00. The number of hydrogen-bond donors (Lipinski definition) is 2. The van der Waals surface area contributed by atoms with Crippen molar-refractivity contribution in [3.8, 4) is 0 Å². The lowest BCUT2D eigenvalue weighted by Gasteiger charge is -2.42. The normalized spacial score (nSPS) is 21.1. The van der Waals surface area contributed by atoms with E-state index in [4.69, 9.17) is 0 Å². The highest BCUT2D eigenvalue weighted by Gasteiger charge is 2.42. The van der Waals surface area contributed by atoms with E-state index < -0.39 is 17.7 Å². The van der Waals surface area contributed by atoms with Gasteiger partial charge in [0.15, 0.2) is 0 Å². The molecule has 7 heteroatoms. The Hall–Kier alpha value is -2.77. The van der Waals surface area contributed by atoms with E-state index in [0.29, 0.717) is 25.2 Å². The highest BCUT2D eigenvalue weighted by Crippen LogP contribution is 2.45. The third kappa shape index (κ3) is 5.18. The second-order valence-corrected chi connectivity index (χ2v) is 10.7. The molecular weight excluding hydrogens is 460 g/mol. The molecule has 2 saturated heterocycles. The van der Waals surface area contributed by atoms with Gasteiger partial charge in [0, 0.05) is 49.4 Å². The molecule has 2 fully saturated rings. The number of piperidine rings is 2. The lowest BCUT2D eigenvalue weighted by atomic mass is 9.72. The summed E-state index contributed by atoms with van der Waals surface area (Å²) in [5.41, 5.74) is 4.66. The number of aliphatic hydroxyl groups excluding tert-OH is 1. The van der Waals surface area contributed by atoms with Crippen LogP contribution in [0.25, 0.3) is 6.08 Å². The van der Waals surface area contributed by atoms with Gasteiger partial charge in [0.2, 0.25) is 5.91 Å². The first kappa shape index (κ1) is 24.9. The number of β-amino-alcohol motifs (C(OH)–C–C–N with tert-alkyl or cyclic N) is 1. The summed E-state index contributed by atoms with van der Waals surface area (Å²) in [5.74, 6) is -1.33. The third-order valence-electron chi connectivity index (χ3n) is 8.38. The Kier molecular flexibility index (Phi) is 7.13. The number of aliphatic hydroxyl groups is 1. The van der Waals surface area contributed by atoms with Crippen LogP contribution >= 0.6 is 0 Å². The topological polar surface area (TPSA) is 55.8 Å². The number of carbonyl (C=O) groups is 1. The van der Waals surface area contributed by atoms with Gasteiger partial charge in [-0.25, -0.2) is 8.78 Å². The van der Waals surface area contributed by atoms with Crippen LogP contribution in [0, 0.1) is 24.5 Å². The molecule has 2 N–H and O–H groups in total. The number of likely N-dealkylation sites (tertiary alicyclic amines) is 2. The van der Waals surface area contributed by atoms with Crippen molar-refractivity contribution < 1.29 is 18.7 Å². The summed E-state index contributed by atoms with van der Waals surface area (Å²) in [5, 5.41) is 14.6. The van der Waals surface area contributed by atoms with Crippen LogP contribution < -0.4 is 5.32 Å². The maximum Gasteiger partial charge on any atom is 0.246 e. The Morgan fingerprint density at radius 1 is 1.14 bits per heavy atom. The van der Waals surface area contributed by atoms with Crippen LogP contribution in [0.1, 0.15) is 42.4 Å². The van der Waals surface area contributed by atoms with Crippen molar-refractivity contribution in [1.29, 1.82) is 0 Å². The van der Waals surface area contributed by atoms with E-state index in [0.717, 1.165) is 51.4 Å². The maximum absolute atomic E-state index is 13.3. The van der Waals surface area contributed by atoms with Gasteiger partial charge < -0.3 is 20.2 Å². The fourth-order valence-corrected chi connectivity index (χ4v) is 6.32. The number of halogens is 2. The van der Waals surface area contributed by atoms with Gasteiger partial charge in [0.25, 0.3) is 0 Å². The number of nitrogens with zero attached hydrogens (tertiary/aromatic N) is 2. The van der Waals surface area contributed by atoms with E-state index in [1.54, 1.807) is 4.90 Å². The second-order valence-electron chi connectivity index (χ2n) is 10.7. The zero-order valence-corrected chi connectivity index (χ0v) is 20.9. The summed E-state index contributed by atoms with van der Waals surface area (Å²) in [7, 11) is 0. The van der Waals surface area contributed by atoms with E-state index in [2.05, 4.69) is 35.3 Å². The van der Waals surface area contributed by atoms with Crippen LogP contribution in [0.5, 0.6) is 0 Å². The largest absolute Gasteiger partial charge is 0.392 e. The molecule has 36 heavy (non-hydrogen) atoms. The smallest absolute Gasteiger partial charge is 0.246 e. The Balaban J connectivity index is 1.09. The summed E-state index contributed by atoms with van der Waals surface area (Å²) in [6, 6.07) is 9.71. The molecular formula is C29H35F2N3O2. The first-order valence-electron chi connectivity index (χ1n) is 13.0. The molecule has 2 aromatic rings. The molecule has 0 aromatic heterocycles.